The molecule has 1 atom stereocenters. The summed E-state index contributed by atoms with van der Waals surface area (Å²) in [5, 5.41) is 2.80. The summed E-state index contributed by atoms with van der Waals surface area (Å²) >= 11 is 0. The van der Waals surface area contributed by atoms with Crippen LogP contribution in [0.15, 0.2) is 29.2 Å². The van der Waals surface area contributed by atoms with Gasteiger partial charge in [0.25, 0.3) is 0 Å². The summed E-state index contributed by atoms with van der Waals surface area (Å²) in [6.07, 6.45) is 0.0311. The minimum absolute atomic E-state index is 0.0311. The number of hydrogen-bond donors (Lipinski definition) is 2. The van der Waals surface area contributed by atoms with Crippen molar-refractivity contribution in [2.24, 2.45) is 0 Å². The highest BCUT2D eigenvalue weighted by molar-refractivity contribution is 7.89. The van der Waals surface area contributed by atoms with Gasteiger partial charge in [0.2, 0.25) is 10.0 Å². The minimum Gasteiger partial charge on any atom is -0.375 e. The van der Waals surface area contributed by atoms with Crippen molar-refractivity contribution >= 4 is 16.1 Å². The van der Waals surface area contributed by atoms with Crippen LogP contribution in [0.2, 0.25) is 0 Å². The second-order valence-corrected chi connectivity index (χ2v) is 7.03. The Morgan fingerprint density at radius 3 is 2.91 bits per heavy atom. The lowest BCUT2D eigenvalue weighted by molar-refractivity contribution is -0.00351. The van der Waals surface area contributed by atoms with Crippen LogP contribution in [-0.2, 0) is 21.3 Å². The van der Waals surface area contributed by atoms with E-state index in [1.165, 1.54) is 13.1 Å². The Hall–Kier alpha value is -1.64. The maximum Gasteiger partial charge on any atom is 0.317 e. The van der Waals surface area contributed by atoms with Gasteiger partial charge in [0.1, 0.15) is 0 Å². The maximum atomic E-state index is 12.1. The largest absolute Gasteiger partial charge is 0.375 e. The summed E-state index contributed by atoms with van der Waals surface area (Å²) in [6.45, 7) is 3.85. The van der Waals surface area contributed by atoms with E-state index in [9.17, 15) is 13.2 Å². The van der Waals surface area contributed by atoms with Crippen LogP contribution in [0.4, 0.5) is 4.79 Å². The van der Waals surface area contributed by atoms with E-state index in [2.05, 4.69) is 10.0 Å². The topological polar surface area (TPSA) is 87.7 Å². The number of nitrogens with one attached hydrogen (secondary N) is 2. The molecular weight excluding hydrogens is 306 g/mol. The summed E-state index contributed by atoms with van der Waals surface area (Å²) in [6, 6.07) is 6.32. The van der Waals surface area contributed by atoms with Gasteiger partial charge in [0.05, 0.1) is 17.6 Å². The summed E-state index contributed by atoms with van der Waals surface area (Å²) < 4.78 is 31.2. The van der Waals surface area contributed by atoms with Gasteiger partial charge in [0.15, 0.2) is 0 Å². The zero-order chi connectivity index (χ0) is 16.2. The van der Waals surface area contributed by atoms with Gasteiger partial charge in [-0.15, -0.1) is 0 Å². The number of urea groups is 1. The molecule has 122 valence electrons. The van der Waals surface area contributed by atoms with Crippen molar-refractivity contribution < 1.29 is 17.9 Å². The highest BCUT2D eigenvalue weighted by atomic mass is 32.2. The van der Waals surface area contributed by atoms with Crippen molar-refractivity contribution in [1.29, 1.82) is 0 Å². The number of carbonyl (C=O) groups is 1. The van der Waals surface area contributed by atoms with Crippen molar-refractivity contribution in [3.8, 4) is 0 Å². The molecule has 1 aromatic rings. The van der Waals surface area contributed by atoms with Gasteiger partial charge in [-0.25, -0.2) is 17.9 Å². The van der Waals surface area contributed by atoms with E-state index in [0.29, 0.717) is 19.7 Å². The van der Waals surface area contributed by atoms with Crippen molar-refractivity contribution in [1.82, 2.24) is 14.9 Å². The van der Waals surface area contributed by atoms with E-state index in [1.54, 1.807) is 23.1 Å². The molecule has 1 fully saturated rings. The Bertz CT molecular complexity index is 633. The zero-order valence-corrected chi connectivity index (χ0v) is 13.5. The quantitative estimate of drug-likeness (QED) is 0.844. The number of ether oxygens (including phenoxy) is 1. The Kier molecular flexibility index (Phi) is 5.38. The number of amides is 2. The number of sulfonamides is 1. The van der Waals surface area contributed by atoms with Gasteiger partial charge in [-0.1, -0.05) is 12.1 Å². The summed E-state index contributed by atoms with van der Waals surface area (Å²) in [5.74, 6) is 0. The van der Waals surface area contributed by atoms with Crippen molar-refractivity contribution in [3.05, 3.63) is 29.8 Å². The molecule has 2 amide bonds. The zero-order valence-electron chi connectivity index (χ0n) is 12.7. The van der Waals surface area contributed by atoms with Gasteiger partial charge in [-0.3, -0.25) is 0 Å². The summed E-state index contributed by atoms with van der Waals surface area (Å²) in [4.78, 5) is 14.0. The molecule has 0 radical (unpaired) electrons. The molecule has 1 saturated heterocycles. The third-order valence-electron chi connectivity index (χ3n) is 3.45. The van der Waals surface area contributed by atoms with Crippen molar-refractivity contribution in [2.45, 2.75) is 24.5 Å². The van der Waals surface area contributed by atoms with Crippen molar-refractivity contribution in [2.75, 3.05) is 26.7 Å². The number of carbonyl (C=O) groups excluding carboxylic acids is 1. The monoisotopic (exact) mass is 327 g/mol. The van der Waals surface area contributed by atoms with Gasteiger partial charge in [-0.05, 0) is 31.7 Å². The first-order chi connectivity index (χ1) is 10.4. The molecule has 7 nitrogen and oxygen atoms in total. The molecule has 0 spiro atoms. The van der Waals surface area contributed by atoms with Crippen LogP contribution < -0.4 is 10.0 Å². The predicted octanol–water partition coefficient (Wildman–Crippen LogP) is 0.525. The van der Waals surface area contributed by atoms with Crippen molar-refractivity contribution in [3.63, 3.8) is 0 Å². The molecule has 1 aliphatic rings. The van der Waals surface area contributed by atoms with Crippen LogP contribution in [0, 0.1) is 0 Å². The normalized spacial score (nSPS) is 19.0. The number of rotatable bonds is 4. The lowest BCUT2D eigenvalue weighted by Gasteiger charge is -2.31. The standard InChI is InChI=1S/C14H21N3O4S/c1-11-10-17(6-7-21-11)14(18)16-9-12-4-3-5-13(8-12)22(19,20)15-2/h3-5,8,11,15H,6-7,9-10H2,1-2H3,(H,16,18). The fourth-order valence-corrected chi connectivity index (χ4v) is 3.03. The van der Waals surface area contributed by atoms with Gasteiger partial charge < -0.3 is 15.0 Å². The highest BCUT2D eigenvalue weighted by Crippen LogP contribution is 2.11. The first kappa shape index (κ1) is 16.7. The third-order valence-corrected chi connectivity index (χ3v) is 4.86. The van der Waals surface area contributed by atoms with Crippen LogP contribution in [0.25, 0.3) is 0 Å². The molecule has 2 N–H and O–H groups in total. The van der Waals surface area contributed by atoms with Gasteiger partial charge in [-0.2, -0.15) is 0 Å². The Morgan fingerprint density at radius 2 is 2.23 bits per heavy atom. The second kappa shape index (κ2) is 7.08. The molecule has 1 aromatic carbocycles. The van der Waals surface area contributed by atoms with Crippen LogP contribution in [-0.4, -0.2) is 52.2 Å². The first-order valence-electron chi connectivity index (χ1n) is 7.09. The lowest BCUT2D eigenvalue weighted by atomic mass is 10.2. The third kappa shape index (κ3) is 4.19. The molecule has 0 aliphatic carbocycles. The van der Waals surface area contributed by atoms with E-state index in [4.69, 9.17) is 4.74 Å². The predicted molar refractivity (Wildman–Crippen MR) is 81.9 cm³/mol. The van der Waals surface area contributed by atoms with E-state index < -0.39 is 10.0 Å². The van der Waals surface area contributed by atoms with E-state index >= 15 is 0 Å². The average Bonchev–Trinajstić information content (AvgIpc) is 2.53. The molecular formula is C14H21N3O4S. The molecule has 1 unspecified atom stereocenters. The number of morpholine rings is 1. The second-order valence-electron chi connectivity index (χ2n) is 5.14. The molecule has 8 heteroatoms. The molecule has 22 heavy (non-hydrogen) atoms. The summed E-state index contributed by atoms with van der Waals surface area (Å²) in [7, 11) is -2.11. The van der Waals surface area contributed by atoms with E-state index in [1.807, 2.05) is 6.92 Å². The number of benzene rings is 1. The summed E-state index contributed by atoms with van der Waals surface area (Å²) in [5.41, 5.74) is 0.728. The molecule has 0 aromatic heterocycles. The lowest BCUT2D eigenvalue weighted by Crippen LogP contribution is -2.48. The SMILES string of the molecule is CNS(=O)(=O)c1cccc(CNC(=O)N2CCOC(C)C2)c1. The number of hydrogen-bond acceptors (Lipinski definition) is 4. The van der Waals surface area contributed by atoms with Crippen LogP contribution >= 0.6 is 0 Å². The van der Waals surface area contributed by atoms with Gasteiger partial charge in [0, 0.05) is 19.6 Å². The fourth-order valence-electron chi connectivity index (χ4n) is 2.23. The van der Waals surface area contributed by atoms with E-state index in [0.717, 1.165) is 5.56 Å². The minimum atomic E-state index is -3.48. The Morgan fingerprint density at radius 1 is 1.45 bits per heavy atom. The average molecular weight is 327 g/mol. The first-order valence-corrected chi connectivity index (χ1v) is 8.57. The van der Waals surface area contributed by atoms with Crippen LogP contribution in [0.3, 0.4) is 0 Å². The fraction of sp³-hybridized carbons (Fsp3) is 0.500. The number of nitrogens with zero attached hydrogens (tertiary/aromatic N) is 1. The van der Waals surface area contributed by atoms with Gasteiger partial charge >= 0.3 is 6.03 Å². The smallest absolute Gasteiger partial charge is 0.317 e. The molecule has 0 saturated carbocycles. The Labute approximate surface area is 130 Å². The van der Waals surface area contributed by atoms with Crippen LogP contribution in [0.1, 0.15) is 12.5 Å². The Balaban J connectivity index is 1.97. The van der Waals surface area contributed by atoms with E-state index in [-0.39, 0.29) is 23.6 Å². The maximum absolute atomic E-state index is 12.1. The van der Waals surface area contributed by atoms with Crippen LogP contribution in [0.5, 0.6) is 0 Å². The molecule has 0 bridgehead atoms. The molecule has 1 heterocycles. The molecule has 1 aliphatic heterocycles. The molecule has 2 rings (SSSR count). The highest BCUT2D eigenvalue weighted by Gasteiger charge is 2.21.